The van der Waals surface area contributed by atoms with Crippen molar-refractivity contribution in [2.75, 3.05) is 5.32 Å². The number of hydrogen-bond donors (Lipinski definition) is 1. The van der Waals surface area contributed by atoms with Crippen LogP contribution in [-0.2, 0) is 17.4 Å². The molecule has 0 saturated carbocycles. The van der Waals surface area contributed by atoms with E-state index in [-0.39, 0.29) is 12.3 Å². The van der Waals surface area contributed by atoms with Crippen LogP contribution < -0.4 is 10.1 Å². The van der Waals surface area contributed by atoms with Crippen molar-refractivity contribution < 1.29 is 22.7 Å². The number of hydrogen-bond acceptors (Lipinski definition) is 4. The summed E-state index contributed by atoms with van der Waals surface area (Å²) in [6, 6.07) is 18.4. The Balaban J connectivity index is 1.32. The number of ether oxygens (including phenoxy) is 1. The van der Waals surface area contributed by atoms with Crippen molar-refractivity contribution in [3.63, 3.8) is 0 Å². The summed E-state index contributed by atoms with van der Waals surface area (Å²) in [6.07, 6.45) is -0.731. The topological polar surface area (TPSA) is 69.0 Å². The number of benzene rings is 2. The second-order valence-corrected chi connectivity index (χ2v) is 6.87. The molecule has 4 rings (SSSR count). The van der Waals surface area contributed by atoms with Gasteiger partial charge in [-0.25, -0.2) is 0 Å². The summed E-state index contributed by atoms with van der Waals surface area (Å²) in [6.45, 7) is 0. The molecule has 2 heterocycles. The number of rotatable bonds is 6. The normalized spacial score (nSPS) is 11.2. The number of nitrogens with one attached hydrogen (secondary N) is 1. The van der Waals surface area contributed by atoms with Crippen LogP contribution in [0.1, 0.15) is 11.1 Å². The predicted octanol–water partition coefficient (Wildman–Crippen LogP) is 5.26. The van der Waals surface area contributed by atoms with Crippen LogP contribution in [0.2, 0.25) is 0 Å². The van der Waals surface area contributed by atoms with Crippen molar-refractivity contribution in [2.24, 2.45) is 0 Å². The average molecular weight is 438 g/mol. The minimum absolute atomic E-state index is 0.0419. The third-order valence-electron chi connectivity index (χ3n) is 4.50. The van der Waals surface area contributed by atoms with Crippen LogP contribution in [-0.4, -0.2) is 20.7 Å². The van der Waals surface area contributed by atoms with E-state index in [4.69, 9.17) is 4.74 Å². The van der Waals surface area contributed by atoms with Crippen molar-refractivity contribution in [1.82, 2.24) is 14.8 Å². The van der Waals surface area contributed by atoms with Crippen molar-refractivity contribution in [2.45, 2.75) is 12.6 Å². The van der Waals surface area contributed by atoms with Gasteiger partial charge in [0.1, 0.15) is 5.75 Å². The molecule has 32 heavy (non-hydrogen) atoms. The summed E-state index contributed by atoms with van der Waals surface area (Å²) in [5, 5.41) is 10.8. The van der Waals surface area contributed by atoms with Gasteiger partial charge in [-0.15, -0.1) is 10.2 Å². The Hall–Kier alpha value is -4.14. The van der Waals surface area contributed by atoms with Crippen molar-refractivity contribution in [3.05, 3.63) is 96.3 Å². The number of carbonyl (C=O) groups is 1. The Morgan fingerprint density at radius 1 is 0.906 bits per heavy atom. The van der Waals surface area contributed by atoms with Crippen LogP contribution in [0, 0.1) is 0 Å². The summed E-state index contributed by atoms with van der Waals surface area (Å²) in [5.41, 5.74) is 0.266. The molecule has 0 fully saturated rings. The van der Waals surface area contributed by atoms with Gasteiger partial charge in [0.2, 0.25) is 11.8 Å². The Bertz CT molecular complexity index is 1170. The fraction of sp³-hybridized carbons (Fsp3) is 0.0870. The van der Waals surface area contributed by atoms with Gasteiger partial charge in [0.25, 0.3) is 0 Å². The van der Waals surface area contributed by atoms with Gasteiger partial charge in [-0.05, 0) is 60.2 Å². The number of nitrogens with zero attached hydrogens (tertiary/aromatic N) is 3. The molecule has 6 nitrogen and oxygen atoms in total. The van der Waals surface area contributed by atoms with E-state index < -0.39 is 11.7 Å². The van der Waals surface area contributed by atoms with Crippen LogP contribution in [0.15, 0.2) is 85.2 Å². The van der Waals surface area contributed by atoms with E-state index in [2.05, 4.69) is 15.5 Å². The van der Waals surface area contributed by atoms with Gasteiger partial charge in [0.15, 0.2) is 5.82 Å². The predicted molar refractivity (Wildman–Crippen MR) is 112 cm³/mol. The second kappa shape index (κ2) is 8.93. The maximum atomic E-state index is 12.6. The minimum Gasteiger partial charge on any atom is -0.438 e. The van der Waals surface area contributed by atoms with Gasteiger partial charge in [-0.2, -0.15) is 13.2 Å². The monoisotopic (exact) mass is 438 g/mol. The van der Waals surface area contributed by atoms with Crippen LogP contribution in [0.4, 0.5) is 18.9 Å². The molecule has 4 aromatic rings. The van der Waals surface area contributed by atoms with Gasteiger partial charge in [-0.1, -0.05) is 12.1 Å². The lowest BCUT2D eigenvalue weighted by atomic mass is 10.1. The first-order valence-electron chi connectivity index (χ1n) is 9.58. The molecular weight excluding hydrogens is 421 g/mol. The van der Waals surface area contributed by atoms with Gasteiger partial charge in [0, 0.05) is 24.1 Å². The second-order valence-electron chi connectivity index (χ2n) is 6.87. The van der Waals surface area contributed by atoms with Gasteiger partial charge < -0.3 is 14.6 Å². The van der Waals surface area contributed by atoms with E-state index in [0.717, 1.165) is 12.1 Å². The molecule has 1 N–H and O–H groups in total. The third-order valence-corrected chi connectivity index (χ3v) is 4.50. The molecule has 1 amide bonds. The number of alkyl halides is 3. The van der Waals surface area contributed by atoms with Crippen molar-refractivity contribution in [3.8, 4) is 17.4 Å². The molecule has 0 aliphatic rings. The van der Waals surface area contributed by atoms with Crippen LogP contribution >= 0.6 is 0 Å². The molecule has 0 aliphatic carbocycles. The highest BCUT2D eigenvalue weighted by Crippen LogP contribution is 2.29. The number of amides is 1. The van der Waals surface area contributed by atoms with Gasteiger partial charge in [-0.3, -0.25) is 4.79 Å². The van der Waals surface area contributed by atoms with E-state index >= 15 is 0 Å². The zero-order chi connectivity index (χ0) is 22.6. The van der Waals surface area contributed by atoms with E-state index in [0.29, 0.717) is 28.7 Å². The van der Waals surface area contributed by atoms with Crippen LogP contribution in [0.3, 0.4) is 0 Å². The smallest absolute Gasteiger partial charge is 0.416 e. The highest BCUT2D eigenvalue weighted by atomic mass is 19.4. The summed E-state index contributed by atoms with van der Waals surface area (Å²) < 4.78 is 45.3. The largest absolute Gasteiger partial charge is 0.438 e. The van der Waals surface area contributed by atoms with E-state index in [1.165, 1.54) is 12.1 Å². The maximum Gasteiger partial charge on any atom is 0.416 e. The molecule has 0 unspecified atom stereocenters. The Morgan fingerprint density at radius 3 is 2.19 bits per heavy atom. The summed E-state index contributed by atoms with van der Waals surface area (Å²) in [7, 11) is 0. The Labute approximate surface area is 181 Å². The first-order chi connectivity index (χ1) is 15.4. The first kappa shape index (κ1) is 21.1. The molecule has 2 aromatic heterocycles. The number of anilines is 1. The molecule has 9 heteroatoms. The summed E-state index contributed by atoms with van der Waals surface area (Å²) >= 11 is 0. The number of halogens is 3. The SMILES string of the molecule is O=C(Cc1ccc(C(F)(F)F)cc1)Nc1ccc(Oc2ccc(-n3cccc3)nn2)cc1. The Morgan fingerprint density at radius 2 is 1.59 bits per heavy atom. The molecule has 2 aromatic carbocycles. The van der Waals surface area contributed by atoms with E-state index in [9.17, 15) is 18.0 Å². The number of carbonyl (C=O) groups excluding carboxylic acids is 1. The quantitative estimate of drug-likeness (QED) is 0.446. The van der Waals surface area contributed by atoms with Crippen LogP contribution in [0.5, 0.6) is 11.6 Å². The van der Waals surface area contributed by atoms with Crippen molar-refractivity contribution in [1.29, 1.82) is 0 Å². The standard InChI is InChI=1S/C23H17F3N4O2/c24-23(25,26)17-5-3-16(4-6-17)15-21(31)27-18-7-9-19(10-8-18)32-22-12-11-20(28-29-22)30-13-1-2-14-30/h1-14H,15H2,(H,27,31). The highest BCUT2D eigenvalue weighted by molar-refractivity contribution is 5.92. The van der Waals surface area contributed by atoms with Gasteiger partial charge >= 0.3 is 6.18 Å². The third kappa shape index (κ3) is 5.31. The molecule has 0 saturated heterocycles. The molecule has 0 radical (unpaired) electrons. The summed E-state index contributed by atoms with van der Waals surface area (Å²) in [5.74, 6) is 1.15. The molecule has 162 valence electrons. The Kier molecular flexibility index (Phi) is 5.89. The summed E-state index contributed by atoms with van der Waals surface area (Å²) in [4.78, 5) is 12.2. The molecule has 0 bridgehead atoms. The lowest BCUT2D eigenvalue weighted by molar-refractivity contribution is -0.137. The van der Waals surface area contributed by atoms with E-state index in [1.54, 1.807) is 36.4 Å². The average Bonchev–Trinajstić information content (AvgIpc) is 3.30. The molecule has 0 atom stereocenters. The van der Waals surface area contributed by atoms with Crippen LogP contribution in [0.25, 0.3) is 5.82 Å². The van der Waals surface area contributed by atoms with E-state index in [1.807, 2.05) is 29.1 Å². The lowest BCUT2D eigenvalue weighted by Crippen LogP contribution is -2.14. The first-order valence-corrected chi connectivity index (χ1v) is 9.58. The maximum absolute atomic E-state index is 12.6. The highest BCUT2D eigenvalue weighted by Gasteiger charge is 2.29. The van der Waals surface area contributed by atoms with Crippen molar-refractivity contribution >= 4 is 11.6 Å². The lowest BCUT2D eigenvalue weighted by Gasteiger charge is -2.09. The fourth-order valence-corrected chi connectivity index (χ4v) is 2.92. The minimum atomic E-state index is -4.40. The molecule has 0 spiro atoms. The molecular formula is C23H17F3N4O2. The van der Waals surface area contributed by atoms with Gasteiger partial charge in [0.05, 0.1) is 12.0 Å². The zero-order valence-electron chi connectivity index (χ0n) is 16.6. The number of aromatic nitrogens is 3. The fourth-order valence-electron chi connectivity index (χ4n) is 2.92. The zero-order valence-corrected chi connectivity index (χ0v) is 16.6. The molecule has 0 aliphatic heterocycles.